The number of aromatic nitrogens is 3. The van der Waals surface area contributed by atoms with Gasteiger partial charge in [-0.25, -0.2) is 13.9 Å². The summed E-state index contributed by atoms with van der Waals surface area (Å²) in [7, 11) is 2.04. The van der Waals surface area contributed by atoms with Gasteiger partial charge in [-0.2, -0.15) is 0 Å². The SMILES string of the molecule is CN1CCC(NC(=O)c2cccc3c2CCN(C(=O)c2cn(-c4cccc(Cl)c4F)nn2)C3C(=O)Nc2ccc(C(=O)O)cc2)CC1. The van der Waals surface area contributed by atoms with Crippen molar-refractivity contribution in [2.24, 2.45) is 0 Å². The van der Waals surface area contributed by atoms with Crippen molar-refractivity contribution in [3.8, 4) is 5.69 Å². The third kappa shape index (κ3) is 6.58. The highest BCUT2D eigenvalue weighted by atomic mass is 35.5. The van der Waals surface area contributed by atoms with Crippen molar-refractivity contribution in [3.05, 3.63) is 106 Å². The Morgan fingerprint density at radius 2 is 1.70 bits per heavy atom. The quantitative estimate of drug-likeness (QED) is 0.270. The molecule has 12 nitrogen and oxygen atoms in total. The molecule has 0 saturated carbocycles. The lowest BCUT2D eigenvalue weighted by atomic mass is 9.87. The van der Waals surface area contributed by atoms with Crippen molar-refractivity contribution in [1.29, 1.82) is 0 Å². The molecular weight excluding hydrogens is 629 g/mol. The molecule has 14 heteroatoms. The van der Waals surface area contributed by atoms with Crippen LogP contribution < -0.4 is 10.6 Å². The molecule has 242 valence electrons. The number of halogens is 2. The number of piperidine rings is 1. The Balaban J connectivity index is 1.33. The molecule has 3 aromatic carbocycles. The smallest absolute Gasteiger partial charge is 0.335 e. The van der Waals surface area contributed by atoms with Crippen LogP contribution >= 0.6 is 11.6 Å². The lowest BCUT2D eigenvalue weighted by Crippen LogP contribution is -2.47. The Morgan fingerprint density at radius 3 is 2.43 bits per heavy atom. The summed E-state index contributed by atoms with van der Waals surface area (Å²) in [6.07, 6.45) is 3.19. The molecule has 3 N–H and O–H groups in total. The number of fused-ring (bicyclic) bond motifs is 1. The first kappa shape index (κ1) is 31.8. The molecule has 4 aromatic rings. The van der Waals surface area contributed by atoms with Crippen LogP contribution in [0.2, 0.25) is 5.02 Å². The molecule has 2 aliphatic heterocycles. The number of nitrogens with zero attached hydrogens (tertiary/aromatic N) is 5. The summed E-state index contributed by atoms with van der Waals surface area (Å²) in [6, 6.07) is 13.9. The second-order valence-corrected chi connectivity index (χ2v) is 12.0. The molecule has 6 rings (SSSR count). The maximum atomic E-state index is 14.7. The van der Waals surface area contributed by atoms with Crippen LogP contribution in [0, 0.1) is 5.82 Å². The number of nitrogens with one attached hydrogen (secondary N) is 2. The van der Waals surface area contributed by atoms with E-state index in [1.54, 1.807) is 18.2 Å². The van der Waals surface area contributed by atoms with Gasteiger partial charge < -0.3 is 25.5 Å². The second-order valence-electron chi connectivity index (χ2n) is 11.6. The van der Waals surface area contributed by atoms with Crippen LogP contribution in [0.15, 0.2) is 66.9 Å². The Morgan fingerprint density at radius 1 is 0.979 bits per heavy atom. The van der Waals surface area contributed by atoms with E-state index in [0.29, 0.717) is 22.4 Å². The molecule has 3 amide bonds. The summed E-state index contributed by atoms with van der Waals surface area (Å²) in [5.41, 5.74) is 1.77. The first-order valence-corrected chi connectivity index (χ1v) is 15.4. The first-order valence-electron chi connectivity index (χ1n) is 15.0. The molecule has 3 heterocycles. The van der Waals surface area contributed by atoms with Crippen molar-refractivity contribution in [1.82, 2.24) is 30.1 Å². The van der Waals surface area contributed by atoms with Crippen LogP contribution in [0.4, 0.5) is 10.1 Å². The molecule has 0 spiro atoms. The molecule has 1 atom stereocenters. The van der Waals surface area contributed by atoms with Crippen LogP contribution in [0.5, 0.6) is 0 Å². The molecule has 1 unspecified atom stereocenters. The topological polar surface area (TPSA) is 150 Å². The van der Waals surface area contributed by atoms with Crippen molar-refractivity contribution in [3.63, 3.8) is 0 Å². The third-order valence-electron chi connectivity index (χ3n) is 8.52. The summed E-state index contributed by atoms with van der Waals surface area (Å²) < 4.78 is 15.8. The van der Waals surface area contributed by atoms with Crippen LogP contribution in [0.3, 0.4) is 0 Å². The Bertz CT molecular complexity index is 1860. The number of aromatic carboxylic acids is 1. The highest BCUT2D eigenvalue weighted by molar-refractivity contribution is 6.30. The third-order valence-corrected chi connectivity index (χ3v) is 8.81. The predicted octanol–water partition coefficient (Wildman–Crippen LogP) is 3.96. The average Bonchev–Trinajstić information content (AvgIpc) is 3.56. The number of benzene rings is 3. The van der Waals surface area contributed by atoms with Gasteiger partial charge in [0.25, 0.3) is 17.7 Å². The fraction of sp³-hybridized carbons (Fsp3) is 0.273. The van der Waals surface area contributed by atoms with Gasteiger partial charge in [-0.05, 0) is 93.0 Å². The van der Waals surface area contributed by atoms with E-state index >= 15 is 0 Å². The predicted molar refractivity (Wildman–Crippen MR) is 170 cm³/mol. The number of carboxylic acids is 1. The zero-order chi connectivity index (χ0) is 33.2. The maximum absolute atomic E-state index is 14.7. The van der Waals surface area contributed by atoms with Gasteiger partial charge in [0.1, 0.15) is 11.7 Å². The Hall–Kier alpha value is -5.14. The van der Waals surface area contributed by atoms with Gasteiger partial charge in [-0.3, -0.25) is 14.4 Å². The van der Waals surface area contributed by atoms with Gasteiger partial charge >= 0.3 is 5.97 Å². The average molecular weight is 660 g/mol. The molecule has 0 radical (unpaired) electrons. The van der Waals surface area contributed by atoms with E-state index in [1.807, 2.05) is 7.05 Å². The normalized spacial score (nSPS) is 16.7. The lowest BCUT2D eigenvalue weighted by molar-refractivity contribution is -0.121. The number of carbonyl (C=O) groups excluding carboxylic acids is 3. The summed E-state index contributed by atoms with van der Waals surface area (Å²) in [4.78, 5) is 56.4. The van der Waals surface area contributed by atoms with E-state index in [0.717, 1.165) is 30.6 Å². The van der Waals surface area contributed by atoms with Crippen molar-refractivity contribution in [2.45, 2.75) is 31.3 Å². The molecular formula is C33H31ClFN7O5. The number of rotatable bonds is 7. The minimum absolute atomic E-state index is 0.00703. The van der Waals surface area contributed by atoms with Gasteiger partial charge in [0, 0.05) is 23.8 Å². The van der Waals surface area contributed by atoms with Crippen LogP contribution in [0.25, 0.3) is 5.69 Å². The van der Waals surface area contributed by atoms with Gasteiger partial charge in [0.05, 0.1) is 16.8 Å². The Kier molecular flexibility index (Phi) is 9.01. The van der Waals surface area contributed by atoms with E-state index < -0.39 is 29.6 Å². The monoisotopic (exact) mass is 659 g/mol. The Labute approximate surface area is 274 Å². The lowest BCUT2D eigenvalue weighted by Gasteiger charge is -2.37. The van der Waals surface area contributed by atoms with Gasteiger partial charge in [-0.15, -0.1) is 5.10 Å². The number of likely N-dealkylation sites (tertiary alicyclic amines) is 1. The molecule has 2 aliphatic rings. The van der Waals surface area contributed by atoms with Gasteiger partial charge in [-0.1, -0.05) is 35.0 Å². The number of carbonyl (C=O) groups is 4. The summed E-state index contributed by atoms with van der Waals surface area (Å²) in [6.45, 7) is 1.82. The van der Waals surface area contributed by atoms with E-state index in [1.165, 1.54) is 53.6 Å². The van der Waals surface area contributed by atoms with Crippen LogP contribution in [-0.2, 0) is 11.2 Å². The summed E-state index contributed by atoms with van der Waals surface area (Å²) in [5, 5.41) is 22.9. The van der Waals surface area contributed by atoms with E-state index in [4.69, 9.17) is 11.6 Å². The van der Waals surface area contributed by atoms with E-state index in [2.05, 4.69) is 25.8 Å². The highest BCUT2D eigenvalue weighted by Crippen LogP contribution is 2.34. The zero-order valence-electron chi connectivity index (χ0n) is 25.3. The molecule has 1 saturated heterocycles. The number of amides is 3. The second kappa shape index (κ2) is 13.3. The van der Waals surface area contributed by atoms with E-state index in [-0.39, 0.29) is 46.9 Å². The van der Waals surface area contributed by atoms with Crippen LogP contribution in [0.1, 0.15) is 61.2 Å². The van der Waals surface area contributed by atoms with Crippen molar-refractivity contribution in [2.75, 3.05) is 32.0 Å². The minimum Gasteiger partial charge on any atom is -0.478 e. The minimum atomic E-state index is -1.19. The zero-order valence-corrected chi connectivity index (χ0v) is 26.1. The number of carboxylic acid groups (broad SMARTS) is 1. The molecule has 1 fully saturated rings. The van der Waals surface area contributed by atoms with E-state index in [9.17, 15) is 28.7 Å². The molecule has 0 bridgehead atoms. The molecule has 0 aliphatic carbocycles. The highest BCUT2D eigenvalue weighted by Gasteiger charge is 2.39. The molecule has 47 heavy (non-hydrogen) atoms. The summed E-state index contributed by atoms with van der Waals surface area (Å²) >= 11 is 5.93. The van der Waals surface area contributed by atoms with Gasteiger partial charge in [0.15, 0.2) is 11.5 Å². The largest absolute Gasteiger partial charge is 0.478 e. The summed E-state index contributed by atoms with van der Waals surface area (Å²) in [5.74, 6) is -3.30. The molecule has 1 aromatic heterocycles. The first-order chi connectivity index (χ1) is 22.6. The van der Waals surface area contributed by atoms with Crippen LogP contribution in [-0.4, -0.2) is 86.3 Å². The number of anilines is 1. The standard InChI is InChI=1S/C33H31ClFN7O5/c1-40-15-12-21(13-16-40)36-30(43)24-5-2-4-23-22(24)14-17-41(29(23)31(44)37-20-10-8-19(9-11-20)33(46)47)32(45)26-18-42(39-38-26)27-7-3-6-25(34)28(27)35/h2-11,18,21,29H,12-17H2,1H3,(H,36,43)(H,37,44)(H,46,47). The fourth-order valence-corrected chi connectivity index (χ4v) is 6.17. The fourth-order valence-electron chi connectivity index (χ4n) is 6.00. The maximum Gasteiger partial charge on any atom is 0.335 e. The number of hydrogen-bond acceptors (Lipinski definition) is 7. The van der Waals surface area contributed by atoms with Gasteiger partial charge in [0.2, 0.25) is 0 Å². The number of hydrogen-bond donors (Lipinski definition) is 3. The van der Waals surface area contributed by atoms with Crippen molar-refractivity contribution >= 4 is 41.0 Å². The van der Waals surface area contributed by atoms with Crippen molar-refractivity contribution < 1.29 is 28.7 Å².